The number of esters is 2. The monoisotopic (exact) mass is 408 g/mol. The van der Waals surface area contributed by atoms with E-state index < -0.39 is 23.6 Å². The molecule has 0 saturated carbocycles. The van der Waals surface area contributed by atoms with Crippen molar-refractivity contribution in [3.8, 4) is 0 Å². The maximum absolute atomic E-state index is 12.7. The third-order valence-corrected chi connectivity index (χ3v) is 5.44. The molecule has 1 unspecified atom stereocenters. The molecule has 0 spiro atoms. The zero-order valence-electron chi connectivity index (χ0n) is 18.4. The number of allylic oxidation sites excluding steroid dienone is 2. The van der Waals surface area contributed by atoms with Gasteiger partial charge in [0.15, 0.2) is 0 Å². The van der Waals surface area contributed by atoms with Gasteiger partial charge >= 0.3 is 11.9 Å². The summed E-state index contributed by atoms with van der Waals surface area (Å²) >= 11 is 0. The van der Waals surface area contributed by atoms with E-state index in [1.54, 1.807) is 6.08 Å². The average molecular weight is 409 g/mol. The van der Waals surface area contributed by atoms with Gasteiger partial charge < -0.3 is 19.7 Å². The van der Waals surface area contributed by atoms with E-state index in [2.05, 4.69) is 19.6 Å². The molecule has 0 aliphatic heterocycles. The Kier molecular flexibility index (Phi) is 9.80. The summed E-state index contributed by atoms with van der Waals surface area (Å²) in [5, 5.41) is 20.3. The molecule has 6 heteroatoms. The first-order chi connectivity index (χ1) is 13.5. The van der Waals surface area contributed by atoms with Gasteiger partial charge in [0.1, 0.15) is 6.61 Å². The third-order valence-electron chi connectivity index (χ3n) is 5.44. The fourth-order valence-corrected chi connectivity index (χ4v) is 3.51. The minimum atomic E-state index is -1.27. The lowest BCUT2D eigenvalue weighted by molar-refractivity contribution is -0.145. The largest absolute Gasteiger partial charge is 0.469 e. The summed E-state index contributed by atoms with van der Waals surface area (Å²) in [7, 11) is 1.36. The van der Waals surface area contributed by atoms with E-state index in [0.29, 0.717) is 12.8 Å². The number of hydrogen-bond acceptors (Lipinski definition) is 6. The molecular weight excluding hydrogens is 372 g/mol. The molecular formula is C23H36O6. The van der Waals surface area contributed by atoms with Crippen molar-refractivity contribution in [2.45, 2.75) is 71.5 Å². The highest BCUT2D eigenvalue weighted by Crippen LogP contribution is 2.36. The number of hydrogen-bond donors (Lipinski definition) is 2. The Morgan fingerprint density at radius 3 is 2.59 bits per heavy atom. The van der Waals surface area contributed by atoms with E-state index >= 15 is 0 Å². The van der Waals surface area contributed by atoms with Crippen molar-refractivity contribution < 1.29 is 29.3 Å². The maximum atomic E-state index is 12.7. The van der Waals surface area contributed by atoms with Gasteiger partial charge in [0.2, 0.25) is 0 Å². The van der Waals surface area contributed by atoms with Crippen molar-refractivity contribution in [1.29, 1.82) is 0 Å². The zero-order chi connectivity index (χ0) is 22.2. The molecule has 1 rings (SSSR count). The number of carbonyl (C=O) groups excluding carboxylic acids is 2. The van der Waals surface area contributed by atoms with Crippen LogP contribution < -0.4 is 0 Å². The lowest BCUT2D eigenvalue weighted by Gasteiger charge is -2.30. The Balaban J connectivity index is 3.33. The van der Waals surface area contributed by atoms with Crippen LogP contribution in [0.15, 0.2) is 35.5 Å². The van der Waals surface area contributed by atoms with Crippen LogP contribution in [0, 0.1) is 11.8 Å². The summed E-state index contributed by atoms with van der Waals surface area (Å²) < 4.78 is 10.3. The van der Waals surface area contributed by atoms with Gasteiger partial charge in [-0.15, -0.1) is 0 Å². The van der Waals surface area contributed by atoms with E-state index in [0.717, 1.165) is 24.0 Å². The molecule has 29 heavy (non-hydrogen) atoms. The average Bonchev–Trinajstić information content (AvgIpc) is 2.69. The molecule has 1 aliphatic rings. The maximum Gasteiger partial charge on any atom is 0.313 e. The predicted octanol–water partition coefficient (Wildman–Crippen LogP) is 3.48. The Labute approximate surface area is 174 Å². The molecule has 0 aromatic carbocycles. The fourth-order valence-electron chi connectivity index (χ4n) is 3.51. The number of rotatable bonds is 7. The second-order valence-corrected chi connectivity index (χ2v) is 8.36. The molecule has 2 N–H and O–H groups in total. The highest BCUT2D eigenvalue weighted by molar-refractivity contribution is 5.76. The summed E-state index contributed by atoms with van der Waals surface area (Å²) in [5.74, 6) is -1.62. The minimum Gasteiger partial charge on any atom is -0.469 e. The molecule has 0 bridgehead atoms. The smallest absolute Gasteiger partial charge is 0.313 e. The van der Waals surface area contributed by atoms with Crippen molar-refractivity contribution >= 4 is 11.9 Å². The molecule has 0 aromatic rings. The van der Waals surface area contributed by atoms with Crippen molar-refractivity contribution in [3.63, 3.8) is 0 Å². The Morgan fingerprint density at radius 1 is 1.38 bits per heavy atom. The van der Waals surface area contributed by atoms with Crippen LogP contribution in [-0.2, 0) is 19.1 Å². The molecule has 164 valence electrons. The number of aliphatic hydroxyl groups excluding tert-OH is 1. The van der Waals surface area contributed by atoms with Crippen LogP contribution in [-0.4, -0.2) is 47.6 Å². The highest BCUT2D eigenvalue weighted by atomic mass is 16.5. The Hall–Kier alpha value is -1.92. The van der Waals surface area contributed by atoms with E-state index in [9.17, 15) is 19.8 Å². The quantitative estimate of drug-likeness (QED) is 0.495. The van der Waals surface area contributed by atoms with E-state index in [1.165, 1.54) is 33.5 Å². The summed E-state index contributed by atoms with van der Waals surface area (Å²) in [6.45, 7) is 10.6. The second kappa shape index (κ2) is 11.3. The predicted molar refractivity (Wildman–Crippen MR) is 112 cm³/mol. The molecule has 0 radical (unpaired) electrons. The first kappa shape index (κ1) is 25.1. The van der Waals surface area contributed by atoms with Crippen molar-refractivity contribution in [2.75, 3.05) is 13.7 Å². The minimum absolute atomic E-state index is 0.0160. The summed E-state index contributed by atoms with van der Waals surface area (Å²) in [5.41, 5.74) is 1.47. The Morgan fingerprint density at radius 2 is 2.03 bits per heavy atom. The van der Waals surface area contributed by atoms with Gasteiger partial charge in [0.05, 0.1) is 24.7 Å². The Bertz CT molecular complexity index is 653. The topological polar surface area (TPSA) is 93.1 Å². The van der Waals surface area contributed by atoms with Gasteiger partial charge in [0.25, 0.3) is 0 Å². The SMILES string of the molecule is C=C1CC/C=C(\C)CC[C@H](C(=CCC(O)C(C)(C)O)COC(C)=O)[C@H]1C(=O)OC. The van der Waals surface area contributed by atoms with Crippen LogP contribution in [0.25, 0.3) is 0 Å². The summed E-state index contributed by atoms with van der Waals surface area (Å²) in [6.07, 6.45) is 6.04. The molecule has 0 fully saturated rings. The van der Waals surface area contributed by atoms with Crippen LogP contribution >= 0.6 is 0 Å². The van der Waals surface area contributed by atoms with E-state index in [4.69, 9.17) is 9.47 Å². The van der Waals surface area contributed by atoms with Crippen molar-refractivity contribution in [3.05, 3.63) is 35.5 Å². The number of aliphatic hydroxyl groups is 2. The van der Waals surface area contributed by atoms with Gasteiger partial charge in [-0.25, -0.2) is 0 Å². The van der Waals surface area contributed by atoms with Crippen LogP contribution in [0.4, 0.5) is 0 Å². The highest BCUT2D eigenvalue weighted by Gasteiger charge is 2.35. The third kappa shape index (κ3) is 8.15. The van der Waals surface area contributed by atoms with E-state index in [-0.39, 0.29) is 24.9 Å². The molecule has 3 atom stereocenters. The van der Waals surface area contributed by atoms with Gasteiger partial charge in [-0.2, -0.15) is 0 Å². The molecule has 1 aliphatic carbocycles. The number of methoxy groups -OCH3 is 1. The second-order valence-electron chi connectivity index (χ2n) is 8.36. The lowest BCUT2D eigenvalue weighted by atomic mass is 9.77. The van der Waals surface area contributed by atoms with Crippen LogP contribution in [0.1, 0.15) is 59.8 Å². The van der Waals surface area contributed by atoms with Gasteiger partial charge in [-0.05, 0) is 58.4 Å². The molecule has 0 heterocycles. The van der Waals surface area contributed by atoms with E-state index in [1.807, 2.05) is 0 Å². The molecule has 0 aromatic heterocycles. The normalized spacial score (nSPS) is 24.4. The van der Waals surface area contributed by atoms with Gasteiger partial charge in [-0.1, -0.05) is 29.9 Å². The fraction of sp³-hybridized carbons (Fsp3) is 0.652. The molecule has 0 amide bonds. The van der Waals surface area contributed by atoms with Crippen LogP contribution in [0.5, 0.6) is 0 Å². The van der Waals surface area contributed by atoms with Crippen molar-refractivity contribution in [2.24, 2.45) is 11.8 Å². The van der Waals surface area contributed by atoms with Crippen molar-refractivity contribution in [1.82, 2.24) is 0 Å². The first-order valence-corrected chi connectivity index (χ1v) is 10.1. The zero-order valence-corrected chi connectivity index (χ0v) is 18.4. The molecule has 0 saturated heterocycles. The van der Waals surface area contributed by atoms with Gasteiger partial charge in [0, 0.05) is 12.8 Å². The number of ether oxygens (including phenoxy) is 2. The standard InChI is InChI=1S/C23H36O6/c1-15-8-7-9-16(2)21(22(26)28-6)19(12-10-15)18(14-29-17(3)24)11-13-20(25)23(4,5)27/h8,11,19-21,25,27H,2,7,9-10,12-14H2,1,3-6H3/b15-8+,18-11?/t19-,20?,21+/m1/s1. The van der Waals surface area contributed by atoms with Crippen LogP contribution in [0.2, 0.25) is 0 Å². The summed E-state index contributed by atoms with van der Waals surface area (Å²) in [4.78, 5) is 24.1. The first-order valence-electron chi connectivity index (χ1n) is 10.1. The molecule has 6 nitrogen and oxygen atoms in total. The lowest BCUT2D eigenvalue weighted by Crippen LogP contribution is -2.35. The van der Waals surface area contributed by atoms with Gasteiger partial charge in [-0.3, -0.25) is 9.59 Å². The van der Waals surface area contributed by atoms with Crippen LogP contribution in [0.3, 0.4) is 0 Å². The number of carbonyl (C=O) groups is 2. The summed E-state index contributed by atoms with van der Waals surface area (Å²) in [6, 6.07) is 0.